The fourth-order valence-electron chi connectivity index (χ4n) is 5.93. The number of aromatic nitrogens is 2. The molecule has 10 heteroatoms. The zero-order valence-electron chi connectivity index (χ0n) is 19.9. The molecule has 37 heavy (non-hydrogen) atoms. The Labute approximate surface area is 210 Å². The quantitative estimate of drug-likeness (QED) is 0.590. The lowest BCUT2D eigenvalue weighted by Crippen LogP contribution is -2.49. The second-order valence-corrected chi connectivity index (χ2v) is 9.71. The Kier molecular flexibility index (Phi) is 5.54. The summed E-state index contributed by atoms with van der Waals surface area (Å²) >= 11 is 0. The highest BCUT2D eigenvalue weighted by atomic mass is 19.1. The van der Waals surface area contributed by atoms with Crippen molar-refractivity contribution < 1.29 is 23.5 Å². The number of carbonyl (C=O) groups is 2. The normalized spacial score (nSPS) is 19.3. The molecule has 6 rings (SSSR count). The molecule has 1 atom stereocenters. The Bertz CT molecular complexity index is 1460. The maximum absolute atomic E-state index is 14.4. The third-order valence-electron chi connectivity index (χ3n) is 7.68. The molecule has 3 aromatic rings. The highest BCUT2D eigenvalue weighted by Gasteiger charge is 2.41. The van der Waals surface area contributed by atoms with Crippen LogP contribution in [0.4, 0.5) is 8.78 Å². The number of hydrogen-bond acceptors (Lipinski definition) is 5. The van der Waals surface area contributed by atoms with Gasteiger partial charge in [0.2, 0.25) is 5.75 Å². The van der Waals surface area contributed by atoms with E-state index >= 15 is 0 Å². The van der Waals surface area contributed by atoms with Gasteiger partial charge in [-0.2, -0.15) is 4.98 Å². The first kappa shape index (κ1) is 23.3. The number of benzene rings is 2. The molecule has 1 aromatic heterocycles. The molecule has 8 nitrogen and oxygen atoms in total. The van der Waals surface area contributed by atoms with Gasteiger partial charge < -0.3 is 19.5 Å². The molecule has 0 saturated carbocycles. The number of carbonyl (C=O) groups excluding carboxylic acids is 2. The van der Waals surface area contributed by atoms with Gasteiger partial charge in [-0.3, -0.25) is 14.4 Å². The number of nitrogens with zero attached hydrogens (tertiary/aromatic N) is 4. The predicted molar refractivity (Wildman–Crippen MR) is 128 cm³/mol. The number of fused-ring (bicyclic) bond motifs is 2. The summed E-state index contributed by atoms with van der Waals surface area (Å²) in [5, 5.41) is 10.6. The van der Waals surface area contributed by atoms with Crippen molar-refractivity contribution in [2.24, 2.45) is 0 Å². The van der Waals surface area contributed by atoms with Gasteiger partial charge in [-0.25, -0.2) is 8.78 Å². The van der Waals surface area contributed by atoms with Crippen LogP contribution in [-0.2, 0) is 19.4 Å². The average molecular weight is 507 g/mol. The van der Waals surface area contributed by atoms with Crippen LogP contribution in [0.25, 0.3) is 0 Å². The molecule has 2 aliphatic heterocycles. The van der Waals surface area contributed by atoms with Gasteiger partial charge >= 0.3 is 5.56 Å². The lowest BCUT2D eigenvalue weighted by atomic mass is 10.1. The van der Waals surface area contributed by atoms with Crippen LogP contribution < -0.4 is 5.56 Å². The van der Waals surface area contributed by atoms with Gasteiger partial charge in [0.25, 0.3) is 11.8 Å². The minimum Gasteiger partial charge on any atom is -0.501 e. The van der Waals surface area contributed by atoms with Crippen molar-refractivity contribution in [3.8, 4) is 5.75 Å². The molecule has 3 heterocycles. The van der Waals surface area contributed by atoms with Crippen molar-refractivity contribution in [3.05, 3.63) is 92.7 Å². The summed E-state index contributed by atoms with van der Waals surface area (Å²) in [4.78, 5) is 46.5. The zero-order chi connectivity index (χ0) is 25.8. The molecule has 0 spiro atoms. The molecule has 1 aliphatic carbocycles. The van der Waals surface area contributed by atoms with E-state index in [0.29, 0.717) is 32.2 Å². The molecule has 1 saturated heterocycles. The first-order chi connectivity index (χ1) is 17.8. The molecule has 3 aliphatic rings. The smallest absolute Gasteiger partial charge is 0.315 e. The summed E-state index contributed by atoms with van der Waals surface area (Å²) in [5.41, 5.74) is 0.542. The number of hydrogen-bond donors (Lipinski definition) is 1. The van der Waals surface area contributed by atoms with Crippen LogP contribution in [-0.4, -0.2) is 55.4 Å². The van der Waals surface area contributed by atoms with Gasteiger partial charge in [0.05, 0.1) is 6.04 Å². The summed E-state index contributed by atoms with van der Waals surface area (Å²) < 4.78 is 30.2. The number of amides is 2. The Morgan fingerprint density at radius 3 is 2.30 bits per heavy atom. The summed E-state index contributed by atoms with van der Waals surface area (Å²) in [6, 6.07) is 10.3. The summed E-state index contributed by atoms with van der Waals surface area (Å²) in [7, 11) is 0. The van der Waals surface area contributed by atoms with E-state index in [4.69, 9.17) is 0 Å². The first-order valence-corrected chi connectivity index (χ1v) is 12.3. The molecule has 2 aromatic carbocycles. The van der Waals surface area contributed by atoms with Gasteiger partial charge in [0.1, 0.15) is 23.0 Å². The van der Waals surface area contributed by atoms with Crippen LogP contribution >= 0.6 is 0 Å². The Balaban J connectivity index is 1.36. The monoisotopic (exact) mass is 506 g/mol. The van der Waals surface area contributed by atoms with Gasteiger partial charge in [-0.15, -0.1) is 0 Å². The fraction of sp³-hybridized carbons (Fsp3) is 0.333. The number of rotatable bonds is 3. The second kappa shape index (κ2) is 8.79. The maximum Gasteiger partial charge on any atom is 0.315 e. The standard InChI is InChI=1S/C27H24F2N4O4/c28-18-7-3-8-19(29)21(18)26(36)32-10-4-9-20(32)24-30-25(35)23(34)22-27(37)31(11-12-33(22)24)17-13-15-5-1-2-6-16(15)14-17/h1-3,5-8,17,20,34H,4,9-14H2. The number of halogens is 2. The van der Waals surface area contributed by atoms with Crippen molar-refractivity contribution in [1.82, 2.24) is 19.4 Å². The molecule has 0 radical (unpaired) electrons. The minimum atomic E-state index is -0.975. The molecule has 0 bridgehead atoms. The van der Waals surface area contributed by atoms with Crippen molar-refractivity contribution in [2.45, 2.75) is 44.3 Å². The highest BCUT2D eigenvalue weighted by molar-refractivity contribution is 5.96. The molecule has 1 N–H and O–H groups in total. The summed E-state index contributed by atoms with van der Waals surface area (Å²) in [6.07, 6.45) is 2.29. The maximum atomic E-state index is 14.4. The van der Waals surface area contributed by atoms with Gasteiger partial charge in [0.15, 0.2) is 5.69 Å². The molecule has 190 valence electrons. The SMILES string of the molecule is O=C1c2c(O)c(=O)nc(C3CCCN3C(=O)c3c(F)cccc3F)n2CCN1C1Cc2ccccc2C1. The van der Waals surface area contributed by atoms with Crippen LogP contribution in [0.15, 0.2) is 47.3 Å². The van der Waals surface area contributed by atoms with Crippen LogP contribution in [0.3, 0.4) is 0 Å². The van der Waals surface area contributed by atoms with Gasteiger partial charge in [0, 0.05) is 25.7 Å². The van der Waals surface area contributed by atoms with Crippen LogP contribution in [0.2, 0.25) is 0 Å². The van der Waals surface area contributed by atoms with E-state index in [1.165, 1.54) is 26.7 Å². The first-order valence-electron chi connectivity index (χ1n) is 12.3. The van der Waals surface area contributed by atoms with Crippen LogP contribution in [0, 0.1) is 11.6 Å². The minimum absolute atomic E-state index is 0.0987. The van der Waals surface area contributed by atoms with E-state index in [1.807, 2.05) is 24.3 Å². The van der Waals surface area contributed by atoms with E-state index < -0.39 is 46.4 Å². The molecular formula is C27H24F2N4O4. The summed E-state index contributed by atoms with van der Waals surface area (Å²) in [5.74, 6) is -3.86. The Morgan fingerprint density at radius 1 is 0.946 bits per heavy atom. The van der Waals surface area contributed by atoms with Crippen molar-refractivity contribution in [2.75, 3.05) is 13.1 Å². The third-order valence-corrected chi connectivity index (χ3v) is 7.68. The zero-order valence-corrected chi connectivity index (χ0v) is 19.9. The number of aromatic hydroxyl groups is 1. The van der Waals surface area contributed by atoms with E-state index in [2.05, 4.69) is 4.98 Å². The predicted octanol–water partition coefficient (Wildman–Crippen LogP) is 2.83. The lowest BCUT2D eigenvalue weighted by molar-refractivity contribution is 0.0607. The average Bonchev–Trinajstić information content (AvgIpc) is 3.53. The fourth-order valence-corrected chi connectivity index (χ4v) is 5.93. The highest BCUT2D eigenvalue weighted by Crippen LogP contribution is 2.36. The van der Waals surface area contributed by atoms with Crippen molar-refractivity contribution >= 4 is 11.8 Å². The molecule has 2 amide bonds. The van der Waals surface area contributed by atoms with Gasteiger partial charge in [-0.1, -0.05) is 30.3 Å². The lowest BCUT2D eigenvalue weighted by Gasteiger charge is -2.36. The van der Waals surface area contributed by atoms with E-state index in [0.717, 1.165) is 12.1 Å². The Morgan fingerprint density at radius 2 is 1.62 bits per heavy atom. The van der Waals surface area contributed by atoms with Crippen molar-refractivity contribution in [1.29, 1.82) is 0 Å². The molecular weight excluding hydrogens is 482 g/mol. The van der Waals surface area contributed by atoms with E-state index in [1.54, 1.807) is 4.90 Å². The molecule has 1 unspecified atom stereocenters. The third kappa shape index (κ3) is 3.70. The topological polar surface area (TPSA) is 95.7 Å². The van der Waals surface area contributed by atoms with Crippen LogP contribution in [0.5, 0.6) is 5.75 Å². The molecule has 1 fully saturated rings. The van der Waals surface area contributed by atoms with Gasteiger partial charge in [-0.05, 0) is 48.9 Å². The van der Waals surface area contributed by atoms with Crippen molar-refractivity contribution in [3.63, 3.8) is 0 Å². The van der Waals surface area contributed by atoms with Crippen LogP contribution in [0.1, 0.15) is 56.7 Å². The van der Waals surface area contributed by atoms with E-state index in [-0.39, 0.29) is 30.6 Å². The largest absolute Gasteiger partial charge is 0.501 e. The van der Waals surface area contributed by atoms with E-state index in [9.17, 15) is 28.3 Å². The number of likely N-dealkylation sites (tertiary alicyclic amines) is 1. The summed E-state index contributed by atoms with van der Waals surface area (Å²) in [6.45, 7) is 0.810. The Hall–Kier alpha value is -4.08. The second-order valence-electron chi connectivity index (χ2n) is 9.71.